The summed E-state index contributed by atoms with van der Waals surface area (Å²) in [6.45, 7) is 6.98. The second-order valence-corrected chi connectivity index (χ2v) is 5.74. The molecular formula is C15H23N5O3. The number of hydrogen-bond acceptors (Lipinski definition) is 6. The van der Waals surface area contributed by atoms with Gasteiger partial charge < -0.3 is 10.2 Å². The number of carbonyl (C=O) groups is 1. The molecule has 1 saturated heterocycles. The lowest BCUT2D eigenvalue weighted by molar-refractivity contribution is -0.384. The van der Waals surface area contributed by atoms with E-state index in [1.165, 1.54) is 6.07 Å². The molecule has 1 atom stereocenters. The number of carbonyl (C=O) groups excluding carboxylic acids is 1. The number of nitrogens with zero attached hydrogens (tertiary/aromatic N) is 4. The van der Waals surface area contributed by atoms with E-state index >= 15 is 0 Å². The summed E-state index contributed by atoms with van der Waals surface area (Å²) in [7, 11) is 0. The topological polar surface area (TPSA) is 91.6 Å². The van der Waals surface area contributed by atoms with Crippen molar-refractivity contribution in [2.24, 2.45) is 0 Å². The number of anilines is 1. The molecule has 2 heterocycles. The zero-order chi connectivity index (χ0) is 16.8. The monoisotopic (exact) mass is 321 g/mol. The Hall–Kier alpha value is -2.22. The Morgan fingerprint density at radius 1 is 1.43 bits per heavy atom. The van der Waals surface area contributed by atoms with Crippen molar-refractivity contribution in [3.05, 3.63) is 28.4 Å². The van der Waals surface area contributed by atoms with Gasteiger partial charge in [-0.2, -0.15) is 0 Å². The summed E-state index contributed by atoms with van der Waals surface area (Å²) in [6.07, 6.45) is 2.47. The highest BCUT2D eigenvalue weighted by atomic mass is 16.6. The summed E-state index contributed by atoms with van der Waals surface area (Å²) in [4.78, 5) is 30.7. The molecule has 8 nitrogen and oxygen atoms in total. The molecule has 0 spiro atoms. The second-order valence-electron chi connectivity index (χ2n) is 5.74. The summed E-state index contributed by atoms with van der Waals surface area (Å²) in [5.41, 5.74) is 0.0236. The number of aromatic nitrogens is 1. The van der Waals surface area contributed by atoms with Crippen molar-refractivity contribution in [2.75, 3.05) is 37.6 Å². The average Bonchev–Trinajstić information content (AvgIpc) is 2.55. The van der Waals surface area contributed by atoms with Crippen molar-refractivity contribution >= 4 is 17.4 Å². The van der Waals surface area contributed by atoms with E-state index in [0.29, 0.717) is 38.5 Å². The zero-order valence-electron chi connectivity index (χ0n) is 13.6. The SMILES string of the molecule is CCC(C)NC(=O)CN1CCN(c2ncccc2[N+](=O)[O-])CC1. The zero-order valence-corrected chi connectivity index (χ0v) is 13.6. The van der Waals surface area contributed by atoms with Crippen molar-refractivity contribution < 1.29 is 9.72 Å². The van der Waals surface area contributed by atoms with E-state index in [-0.39, 0.29) is 17.6 Å². The lowest BCUT2D eigenvalue weighted by atomic mass is 10.2. The first kappa shape index (κ1) is 17.1. The van der Waals surface area contributed by atoms with E-state index in [9.17, 15) is 14.9 Å². The molecule has 126 valence electrons. The molecule has 1 amide bonds. The van der Waals surface area contributed by atoms with Gasteiger partial charge in [0.2, 0.25) is 11.7 Å². The average molecular weight is 321 g/mol. The number of nitro groups is 1. The van der Waals surface area contributed by atoms with E-state index in [0.717, 1.165) is 6.42 Å². The van der Waals surface area contributed by atoms with Crippen LogP contribution < -0.4 is 10.2 Å². The van der Waals surface area contributed by atoms with Crippen molar-refractivity contribution in [3.8, 4) is 0 Å². The van der Waals surface area contributed by atoms with Crippen LogP contribution in [0.15, 0.2) is 18.3 Å². The van der Waals surface area contributed by atoms with Gasteiger partial charge in [0.05, 0.1) is 11.5 Å². The van der Waals surface area contributed by atoms with Crippen molar-refractivity contribution in [1.82, 2.24) is 15.2 Å². The molecule has 1 fully saturated rings. The summed E-state index contributed by atoms with van der Waals surface area (Å²) in [6, 6.07) is 3.21. The minimum absolute atomic E-state index is 0.0236. The van der Waals surface area contributed by atoms with E-state index in [2.05, 4.69) is 15.2 Å². The fraction of sp³-hybridized carbons (Fsp3) is 0.600. The highest BCUT2D eigenvalue weighted by Crippen LogP contribution is 2.25. The largest absolute Gasteiger partial charge is 0.353 e. The quantitative estimate of drug-likeness (QED) is 0.621. The van der Waals surface area contributed by atoms with Crippen LogP contribution in [0.1, 0.15) is 20.3 Å². The maximum atomic E-state index is 11.9. The minimum atomic E-state index is -0.408. The number of amides is 1. The van der Waals surface area contributed by atoms with Crippen molar-refractivity contribution in [1.29, 1.82) is 0 Å². The van der Waals surface area contributed by atoms with Gasteiger partial charge in [0.15, 0.2) is 0 Å². The normalized spacial score (nSPS) is 16.9. The molecule has 0 aromatic carbocycles. The molecule has 0 saturated carbocycles. The molecule has 1 unspecified atom stereocenters. The lowest BCUT2D eigenvalue weighted by Gasteiger charge is -2.34. The lowest BCUT2D eigenvalue weighted by Crippen LogP contribution is -2.50. The first-order valence-corrected chi connectivity index (χ1v) is 7.87. The Morgan fingerprint density at radius 2 is 2.13 bits per heavy atom. The van der Waals surface area contributed by atoms with Crippen LogP contribution in [0.25, 0.3) is 0 Å². The van der Waals surface area contributed by atoms with Gasteiger partial charge in [0.1, 0.15) is 0 Å². The predicted octanol–water partition coefficient (Wildman–Crippen LogP) is 1.03. The van der Waals surface area contributed by atoms with Crippen LogP contribution in [0.4, 0.5) is 11.5 Å². The summed E-state index contributed by atoms with van der Waals surface area (Å²) < 4.78 is 0. The van der Waals surface area contributed by atoms with E-state index in [1.807, 2.05) is 18.7 Å². The predicted molar refractivity (Wildman–Crippen MR) is 87.4 cm³/mol. The number of pyridine rings is 1. The molecule has 1 aromatic rings. The van der Waals surface area contributed by atoms with Gasteiger partial charge in [-0.15, -0.1) is 0 Å². The molecule has 1 aromatic heterocycles. The van der Waals surface area contributed by atoms with E-state index < -0.39 is 4.92 Å². The van der Waals surface area contributed by atoms with Crippen LogP contribution in [0.5, 0.6) is 0 Å². The van der Waals surface area contributed by atoms with Gasteiger partial charge in [-0.1, -0.05) is 6.92 Å². The summed E-state index contributed by atoms with van der Waals surface area (Å²) in [5, 5.41) is 14.0. The highest BCUT2D eigenvalue weighted by Gasteiger charge is 2.25. The Bertz CT molecular complexity index is 558. The van der Waals surface area contributed by atoms with Gasteiger partial charge in [-0.3, -0.25) is 19.8 Å². The summed E-state index contributed by atoms with van der Waals surface area (Å²) >= 11 is 0. The molecular weight excluding hydrogens is 298 g/mol. The molecule has 23 heavy (non-hydrogen) atoms. The third-order valence-corrected chi connectivity index (χ3v) is 4.02. The molecule has 2 rings (SSSR count). The Balaban J connectivity index is 1.89. The van der Waals surface area contributed by atoms with Crippen molar-refractivity contribution in [3.63, 3.8) is 0 Å². The number of hydrogen-bond donors (Lipinski definition) is 1. The van der Waals surface area contributed by atoms with E-state index in [4.69, 9.17) is 0 Å². The Kier molecular flexibility index (Phi) is 5.86. The van der Waals surface area contributed by atoms with Gasteiger partial charge >= 0.3 is 5.69 Å². The number of piperazine rings is 1. The van der Waals surface area contributed by atoms with Gasteiger partial charge in [-0.05, 0) is 19.4 Å². The fourth-order valence-electron chi connectivity index (χ4n) is 2.52. The minimum Gasteiger partial charge on any atom is -0.353 e. The molecule has 0 aliphatic carbocycles. The highest BCUT2D eigenvalue weighted by molar-refractivity contribution is 5.78. The molecule has 1 aliphatic rings. The third kappa shape index (κ3) is 4.62. The molecule has 1 N–H and O–H groups in total. The molecule has 0 bridgehead atoms. The first-order chi connectivity index (χ1) is 11.0. The third-order valence-electron chi connectivity index (χ3n) is 4.02. The van der Waals surface area contributed by atoms with Crippen LogP contribution in [0, 0.1) is 10.1 Å². The molecule has 0 radical (unpaired) electrons. The first-order valence-electron chi connectivity index (χ1n) is 7.87. The fourth-order valence-corrected chi connectivity index (χ4v) is 2.52. The van der Waals surface area contributed by atoms with Gasteiger partial charge in [0.25, 0.3) is 0 Å². The second kappa shape index (κ2) is 7.87. The van der Waals surface area contributed by atoms with Gasteiger partial charge in [0, 0.05) is 44.5 Å². The van der Waals surface area contributed by atoms with Crippen LogP contribution in [-0.4, -0.2) is 59.5 Å². The van der Waals surface area contributed by atoms with Crippen LogP contribution in [0.2, 0.25) is 0 Å². The van der Waals surface area contributed by atoms with Crippen LogP contribution >= 0.6 is 0 Å². The summed E-state index contributed by atoms with van der Waals surface area (Å²) in [5.74, 6) is 0.429. The smallest absolute Gasteiger partial charge is 0.311 e. The maximum Gasteiger partial charge on any atom is 0.311 e. The van der Waals surface area contributed by atoms with Gasteiger partial charge in [-0.25, -0.2) is 4.98 Å². The van der Waals surface area contributed by atoms with Crippen LogP contribution in [0.3, 0.4) is 0 Å². The number of nitrogens with one attached hydrogen (secondary N) is 1. The number of rotatable bonds is 6. The Labute approximate surface area is 135 Å². The Morgan fingerprint density at radius 3 is 2.74 bits per heavy atom. The maximum absolute atomic E-state index is 11.9. The van der Waals surface area contributed by atoms with Crippen molar-refractivity contribution in [2.45, 2.75) is 26.3 Å². The van der Waals surface area contributed by atoms with E-state index in [1.54, 1.807) is 12.3 Å². The molecule has 8 heteroatoms. The standard InChI is InChI=1S/C15H23N5O3/c1-3-12(2)17-14(21)11-18-7-9-19(10-8-18)15-13(20(22)23)5-4-6-16-15/h4-6,12H,3,7-11H2,1-2H3,(H,17,21). The van der Waals surface area contributed by atoms with Crippen LogP contribution in [-0.2, 0) is 4.79 Å². The molecule has 1 aliphatic heterocycles.